The first kappa shape index (κ1) is 22.5. The number of rotatable bonds is 0. The molecule has 0 spiro atoms. The van der Waals surface area contributed by atoms with Crippen molar-refractivity contribution >= 4 is 17.0 Å². The summed E-state index contributed by atoms with van der Waals surface area (Å²) in [5.74, 6) is 0. The predicted octanol–water partition coefficient (Wildman–Crippen LogP) is 8.11. The second-order valence-electron chi connectivity index (χ2n) is 7.77. The van der Waals surface area contributed by atoms with Gasteiger partial charge in [-0.2, -0.15) is 47.5 Å². The molecule has 0 aromatic heterocycles. The molecule has 0 unspecified atom stereocenters. The Balaban J connectivity index is 0.000000133. The second kappa shape index (κ2) is 10.3. The molecule has 6 rings (SSSR count). The molecule has 0 nitrogen and oxygen atoms in total. The molecule has 0 amide bonds. The van der Waals surface area contributed by atoms with Crippen molar-refractivity contribution in [2.45, 2.75) is 26.7 Å². The van der Waals surface area contributed by atoms with Crippen molar-refractivity contribution in [3.8, 4) is 22.3 Å². The Bertz CT molecular complexity index is 1120. The Labute approximate surface area is 203 Å². The van der Waals surface area contributed by atoms with Gasteiger partial charge in [-0.15, -0.1) is 22.3 Å². The van der Waals surface area contributed by atoms with Crippen LogP contribution in [0.4, 0.5) is 0 Å². The number of fused-ring (bicyclic) bond motifs is 6. The topological polar surface area (TPSA) is 0 Å². The zero-order chi connectivity index (χ0) is 21.8. The zero-order valence-corrected chi connectivity index (χ0v) is 21.6. The summed E-state index contributed by atoms with van der Waals surface area (Å²) in [6.07, 6.45) is 2.10. The van der Waals surface area contributed by atoms with Crippen molar-refractivity contribution in [1.29, 1.82) is 0 Å². The summed E-state index contributed by atoms with van der Waals surface area (Å²) in [7, 11) is 9.87. The molecule has 0 heterocycles. The van der Waals surface area contributed by atoms with Crippen molar-refractivity contribution in [1.82, 2.24) is 0 Å². The Hall–Kier alpha value is -1.66. The van der Waals surface area contributed by atoms with Gasteiger partial charge in [0.2, 0.25) is 0 Å². The molecule has 0 atom stereocenters. The third-order valence-electron chi connectivity index (χ3n) is 5.88. The molecule has 2 aliphatic rings. The van der Waals surface area contributed by atoms with E-state index >= 15 is 0 Å². The third-order valence-corrected chi connectivity index (χ3v) is 5.88. The van der Waals surface area contributed by atoms with E-state index in [1.807, 2.05) is 12.1 Å². The second-order valence-corrected chi connectivity index (χ2v) is 11.5. The van der Waals surface area contributed by atoms with Gasteiger partial charge in [0.25, 0.3) is 0 Å². The summed E-state index contributed by atoms with van der Waals surface area (Å²) in [6.45, 7) is 4.35. The molecule has 31 heavy (non-hydrogen) atoms. The van der Waals surface area contributed by atoms with Crippen LogP contribution >= 0.6 is 17.0 Å². The first-order valence-corrected chi connectivity index (χ1v) is 16.6. The van der Waals surface area contributed by atoms with Gasteiger partial charge in [-0.3, -0.25) is 0 Å². The maximum atomic E-state index is 4.93. The van der Waals surface area contributed by atoms with Crippen molar-refractivity contribution in [3.05, 3.63) is 118 Å². The Morgan fingerprint density at radius 1 is 0.645 bits per heavy atom. The first-order chi connectivity index (χ1) is 15.1. The van der Waals surface area contributed by atoms with Crippen molar-refractivity contribution in [2.24, 2.45) is 0 Å². The number of aryl methyl sites for hydroxylation is 2. The Morgan fingerprint density at radius 2 is 1.03 bits per heavy atom. The fraction of sp³-hybridized carbons (Fsp3) is 0.143. The van der Waals surface area contributed by atoms with E-state index in [9.17, 15) is 0 Å². The average Bonchev–Trinajstić information content (AvgIpc) is 3.34. The molecular formula is C28H22Cl2Zr. The van der Waals surface area contributed by atoms with Crippen LogP contribution in [0.1, 0.15) is 33.4 Å². The minimum absolute atomic E-state index is 0.826. The van der Waals surface area contributed by atoms with E-state index in [-0.39, 0.29) is 0 Å². The molecular weight excluding hydrogens is 498 g/mol. The molecule has 0 N–H and O–H groups in total. The SMILES string of the molecule is Cc1cc[c-]c2c1-c1ccccc1C2.Cc1cc[c-]c2c1-c1ccccc1C2.[Cl][Zr+2][Cl]. The number of hydrogen-bond acceptors (Lipinski definition) is 0. The average molecular weight is 521 g/mol. The summed E-state index contributed by atoms with van der Waals surface area (Å²) in [4.78, 5) is 0. The summed E-state index contributed by atoms with van der Waals surface area (Å²) in [6, 6.07) is 32.3. The van der Waals surface area contributed by atoms with Crippen LogP contribution < -0.4 is 0 Å². The van der Waals surface area contributed by atoms with Gasteiger partial charge in [0.15, 0.2) is 0 Å². The van der Waals surface area contributed by atoms with E-state index < -0.39 is 20.8 Å². The predicted molar refractivity (Wildman–Crippen MR) is 128 cm³/mol. The van der Waals surface area contributed by atoms with E-state index in [0.717, 1.165) is 12.8 Å². The Kier molecular flexibility index (Phi) is 7.49. The summed E-state index contributed by atoms with van der Waals surface area (Å²) < 4.78 is 0. The van der Waals surface area contributed by atoms with Crippen molar-refractivity contribution in [3.63, 3.8) is 0 Å². The van der Waals surface area contributed by atoms with E-state index in [1.165, 1.54) is 55.6 Å². The third kappa shape index (κ3) is 4.75. The van der Waals surface area contributed by atoms with Crippen LogP contribution in [0, 0.1) is 26.0 Å². The number of halogens is 2. The normalized spacial score (nSPS) is 11.5. The van der Waals surface area contributed by atoms with E-state index in [1.54, 1.807) is 0 Å². The monoisotopic (exact) mass is 518 g/mol. The molecule has 2 aliphatic carbocycles. The molecule has 0 aliphatic heterocycles. The summed E-state index contributed by atoms with van der Waals surface area (Å²) in [5.41, 5.74) is 13.9. The molecule has 152 valence electrons. The number of hydrogen-bond donors (Lipinski definition) is 0. The molecule has 0 bridgehead atoms. The molecule has 0 fully saturated rings. The fourth-order valence-electron chi connectivity index (χ4n) is 4.57. The van der Waals surface area contributed by atoms with Crippen LogP contribution in [-0.4, -0.2) is 0 Å². The van der Waals surface area contributed by atoms with Crippen LogP contribution in [0.5, 0.6) is 0 Å². The fourth-order valence-corrected chi connectivity index (χ4v) is 4.57. The van der Waals surface area contributed by atoms with Crippen LogP contribution in [0.3, 0.4) is 0 Å². The summed E-state index contributed by atoms with van der Waals surface area (Å²) >= 11 is -0.826. The van der Waals surface area contributed by atoms with Crippen LogP contribution in [0.15, 0.2) is 72.8 Å². The van der Waals surface area contributed by atoms with Gasteiger partial charge in [0.05, 0.1) is 0 Å². The van der Waals surface area contributed by atoms with E-state index in [0.29, 0.717) is 0 Å². The van der Waals surface area contributed by atoms with Gasteiger partial charge in [0.1, 0.15) is 0 Å². The minimum atomic E-state index is -0.826. The van der Waals surface area contributed by atoms with Crippen molar-refractivity contribution in [2.75, 3.05) is 0 Å². The van der Waals surface area contributed by atoms with Crippen molar-refractivity contribution < 1.29 is 20.8 Å². The van der Waals surface area contributed by atoms with E-state index in [4.69, 9.17) is 17.0 Å². The van der Waals surface area contributed by atoms with Gasteiger partial charge in [0, 0.05) is 0 Å². The van der Waals surface area contributed by atoms with Gasteiger partial charge < -0.3 is 0 Å². The molecule has 4 aromatic rings. The van der Waals surface area contributed by atoms with Crippen LogP contribution in [0.2, 0.25) is 0 Å². The maximum absolute atomic E-state index is 4.93. The quantitative estimate of drug-likeness (QED) is 0.178. The number of benzene rings is 4. The van der Waals surface area contributed by atoms with Crippen LogP contribution in [-0.2, 0) is 33.7 Å². The molecule has 4 aromatic carbocycles. The van der Waals surface area contributed by atoms with Crippen LogP contribution in [0.25, 0.3) is 22.3 Å². The van der Waals surface area contributed by atoms with E-state index in [2.05, 4.69) is 86.6 Å². The molecule has 3 heteroatoms. The molecule has 0 saturated carbocycles. The standard InChI is InChI=1S/2C14H11.2ClH.Zr/c2*1-10-5-4-7-12-9-11-6-2-3-8-13(11)14(10)12;;;/h2*2-6,8H,9H2,1H3;2*1H;/q2*-1;;;+4/p-2. The van der Waals surface area contributed by atoms with Gasteiger partial charge in [-0.25, -0.2) is 0 Å². The van der Waals surface area contributed by atoms with Gasteiger partial charge in [-0.05, 0) is 12.8 Å². The molecule has 0 saturated heterocycles. The molecule has 0 radical (unpaired) electrons. The summed E-state index contributed by atoms with van der Waals surface area (Å²) in [5, 5.41) is 0. The van der Waals surface area contributed by atoms with Gasteiger partial charge in [-0.1, -0.05) is 84.6 Å². The van der Waals surface area contributed by atoms with Gasteiger partial charge >= 0.3 is 37.9 Å². The Morgan fingerprint density at radius 3 is 1.45 bits per heavy atom. The zero-order valence-electron chi connectivity index (χ0n) is 17.6. The first-order valence-electron chi connectivity index (χ1n) is 10.3.